The number of hydrogen-bond acceptors (Lipinski definition) is 5. The number of ketones is 1. The van der Waals surface area contributed by atoms with E-state index in [1.807, 2.05) is 5.32 Å². The number of benzene rings is 3. The average molecular weight is 648 g/mol. The molecule has 246 valence electrons. The van der Waals surface area contributed by atoms with Crippen LogP contribution in [0.5, 0.6) is 11.5 Å². The number of aliphatic imine (C=N–C) groups is 1. The van der Waals surface area contributed by atoms with Gasteiger partial charge >= 0.3 is 12.4 Å². The van der Waals surface area contributed by atoms with Crippen LogP contribution in [0.3, 0.4) is 0 Å². The van der Waals surface area contributed by atoms with Crippen molar-refractivity contribution in [2.24, 2.45) is 16.8 Å². The van der Waals surface area contributed by atoms with Gasteiger partial charge in [-0.1, -0.05) is 12.8 Å². The molecule has 0 bridgehead atoms. The molecule has 6 nitrogen and oxygen atoms in total. The molecule has 1 aliphatic rings. The number of hydrogen-bond donors (Lipinski definition) is 2. The lowest BCUT2D eigenvalue weighted by atomic mass is 9.82. The van der Waals surface area contributed by atoms with Gasteiger partial charge in [0, 0.05) is 41.1 Å². The number of nitrogens with two attached hydrogens (primary N) is 1. The Balaban J connectivity index is 1.33. The third kappa shape index (κ3) is 9.58. The SMILES string of the molecule is Cc1c(C(=O)NCC(F)(F)F)ccc(N)c1C=NCC1CCCCC(C(=O)c2ccc(Oc3ccc(C(F)(F)F)cc3)cc2)CC1. The summed E-state index contributed by atoms with van der Waals surface area (Å²) in [5, 5.41) is 1.88. The normalized spacial score (nSPS) is 17.7. The second kappa shape index (κ2) is 14.8. The first-order valence-corrected chi connectivity index (χ1v) is 14.9. The Labute approximate surface area is 263 Å². The summed E-state index contributed by atoms with van der Waals surface area (Å²) in [7, 11) is 0. The van der Waals surface area contributed by atoms with Crippen LogP contribution in [0, 0.1) is 18.8 Å². The molecule has 0 aliphatic heterocycles. The molecule has 1 fully saturated rings. The lowest BCUT2D eigenvalue weighted by Crippen LogP contribution is -2.34. The number of nitrogens with one attached hydrogen (secondary N) is 1. The smallest absolute Gasteiger partial charge is 0.416 e. The highest BCUT2D eigenvalue weighted by Gasteiger charge is 2.30. The molecule has 12 heteroatoms. The Morgan fingerprint density at radius 2 is 1.52 bits per heavy atom. The van der Waals surface area contributed by atoms with Crippen molar-refractivity contribution in [3.05, 3.63) is 88.5 Å². The van der Waals surface area contributed by atoms with Crippen LogP contribution in [0.1, 0.15) is 75.9 Å². The number of anilines is 1. The minimum absolute atomic E-state index is 0.0224. The Bertz CT molecular complexity index is 1530. The van der Waals surface area contributed by atoms with Gasteiger partial charge in [0.05, 0.1) is 5.56 Å². The van der Waals surface area contributed by atoms with E-state index in [0.29, 0.717) is 41.1 Å². The van der Waals surface area contributed by atoms with Crippen molar-refractivity contribution in [1.82, 2.24) is 5.32 Å². The Morgan fingerprint density at radius 3 is 2.15 bits per heavy atom. The summed E-state index contributed by atoms with van der Waals surface area (Å²) in [5.41, 5.74) is 7.20. The molecular formula is C34H35F6N3O3. The van der Waals surface area contributed by atoms with Crippen LogP contribution in [0.4, 0.5) is 32.0 Å². The molecule has 3 aromatic carbocycles. The van der Waals surface area contributed by atoms with Crippen LogP contribution in [0.15, 0.2) is 65.7 Å². The molecule has 0 heterocycles. The van der Waals surface area contributed by atoms with Crippen molar-refractivity contribution in [2.45, 2.75) is 57.8 Å². The van der Waals surface area contributed by atoms with Gasteiger partial charge in [0.15, 0.2) is 5.78 Å². The van der Waals surface area contributed by atoms with E-state index in [2.05, 4.69) is 4.99 Å². The summed E-state index contributed by atoms with van der Waals surface area (Å²) >= 11 is 0. The molecule has 4 rings (SSSR count). The summed E-state index contributed by atoms with van der Waals surface area (Å²) in [5.74, 6) is -0.131. The van der Waals surface area contributed by atoms with E-state index >= 15 is 0 Å². The van der Waals surface area contributed by atoms with Crippen LogP contribution in [-0.2, 0) is 6.18 Å². The van der Waals surface area contributed by atoms with Gasteiger partial charge in [0.1, 0.15) is 18.0 Å². The Morgan fingerprint density at radius 1 is 0.891 bits per heavy atom. The molecule has 0 radical (unpaired) electrons. The van der Waals surface area contributed by atoms with E-state index in [9.17, 15) is 35.9 Å². The lowest BCUT2D eigenvalue weighted by molar-refractivity contribution is -0.137. The summed E-state index contributed by atoms with van der Waals surface area (Å²) in [6, 6.07) is 13.8. The summed E-state index contributed by atoms with van der Waals surface area (Å²) in [6.45, 7) is 0.649. The van der Waals surface area contributed by atoms with E-state index < -0.39 is 30.4 Å². The number of nitrogens with zero attached hydrogens (tertiary/aromatic N) is 1. The fourth-order valence-electron chi connectivity index (χ4n) is 5.50. The molecule has 2 atom stereocenters. The first-order valence-electron chi connectivity index (χ1n) is 14.9. The van der Waals surface area contributed by atoms with E-state index in [4.69, 9.17) is 10.5 Å². The third-order valence-electron chi connectivity index (χ3n) is 8.09. The van der Waals surface area contributed by atoms with Crippen molar-refractivity contribution >= 4 is 23.6 Å². The molecule has 3 aromatic rings. The number of nitrogen functional groups attached to an aromatic ring is 1. The zero-order chi connectivity index (χ0) is 33.5. The molecule has 0 aromatic heterocycles. The number of Topliss-reactive ketones (excluding diaryl/α,β-unsaturated/α-hetero) is 1. The van der Waals surface area contributed by atoms with Gasteiger partial charge in [-0.15, -0.1) is 0 Å². The van der Waals surface area contributed by atoms with Crippen LogP contribution in [0.25, 0.3) is 0 Å². The van der Waals surface area contributed by atoms with Crippen molar-refractivity contribution < 1.29 is 40.7 Å². The average Bonchev–Trinajstić information content (AvgIpc) is 2.98. The van der Waals surface area contributed by atoms with Crippen molar-refractivity contribution in [3.8, 4) is 11.5 Å². The topological polar surface area (TPSA) is 93.8 Å². The van der Waals surface area contributed by atoms with E-state index in [1.165, 1.54) is 24.3 Å². The van der Waals surface area contributed by atoms with Gasteiger partial charge in [-0.05, 0) is 105 Å². The number of amides is 1. The maximum absolute atomic E-state index is 13.3. The highest BCUT2D eigenvalue weighted by atomic mass is 19.4. The molecule has 2 unspecified atom stereocenters. The van der Waals surface area contributed by atoms with E-state index in [0.717, 1.165) is 44.2 Å². The lowest BCUT2D eigenvalue weighted by Gasteiger charge is -2.23. The first kappa shape index (κ1) is 34.5. The molecule has 1 amide bonds. The van der Waals surface area contributed by atoms with Gasteiger partial charge in [0.25, 0.3) is 5.91 Å². The molecular weight excluding hydrogens is 612 g/mol. The Kier molecular flexibility index (Phi) is 11.1. The third-order valence-corrected chi connectivity index (χ3v) is 8.09. The Hall–Kier alpha value is -4.35. The zero-order valence-electron chi connectivity index (χ0n) is 25.2. The van der Waals surface area contributed by atoms with Crippen LogP contribution >= 0.6 is 0 Å². The maximum atomic E-state index is 13.3. The predicted octanol–water partition coefficient (Wildman–Crippen LogP) is 8.57. The van der Waals surface area contributed by atoms with Gasteiger partial charge in [-0.3, -0.25) is 14.6 Å². The molecule has 1 aliphatic carbocycles. The number of carbonyl (C=O) groups excluding carboxylic acids is 2. The number of alkyl halides is 6. The first-order chi connectivity index (χ1) is 21.7. The largest absolute Gasteiger partial charge is 0.457 e. The van der Waals surface area contributed by atoms with E-state index in [-0.39, 0.29) is 28.9 Å². The minimum Gasteiger partial charge on any atom is -0.457 e. The second-order valence-corrected chi connectivity index (χ2v) is 11.5. The van der Waals surface area contributed by atoms with Gasteiger partial charge in [0.2, 0.25) is 0 Å². The minimum atomic E-state index is -4.52. The van der Waals surface area contributed by atoms with Gasteiger partial charge in [-0.2, -0.15) is 26.3 Å². The summed E-state index contributed by atoms with van der Waals surface area (Å²) in [4.78, 5) is 30.2. The standard InChI is InChI=1S/C34H35F6N3O3/c1-21-28(32(45)43-20-33(35,36)37)16-17-30(41)29(21)19-42-18-22-4-2-3-5-23(7-6-22)31(44)24-8-12-26(13-9-24)46-27-14-10-25(11-15-27)34(38,39)40/h8-17,19,22-23H,2-7,18,20,41H2,1H3,(H,43,45). The van der Waals surface area contributed by atoms with Gasteiger partial charge < -0.3 is 15.8 Å². The fourth-order valence-corrected chi connectivity index (χ4v) is 5.50. The number of carbonyl (C=O) groups is 2. The number of ether oxygens (including phenoxy) is 1. The van der Waals surface area contributed by atoms with Crippen molar-refractivity contribution in [3.63, 3.8) is 0 Å². The maximum Gasteiger partial charge on any atom is 0.416 e. The predicted molar refractivity (Wildman–Crippen MR) is 163 cm³/mol. The number of rotatable bonds is 9. The second-order valence-electron chi connectivity index (χ2n) is 11.5. The van der Waals surface area contributed by atoms with Crippen molar-refractivity contribution in [1.29, 1.82) is 0 Å². The molecule has 0 saturated heterocycles. The quantitative estimate of drug-likeness (QED) is 0.105. The molecule has 3 N–H and O–H groups in total. The molecule has 0 spiro atoms. The monoisotopic (exact) mass is 647 g/mol. The van der Waals surface area contributed by atoms with Gasteiger partial charge in [-0.25, -0.2) is 0 Å². The van der Waals surface area contributed by atoms with E-state index in [1.54, 1.807) is 37.4 Å². The fraction of sp³-hybridized carbons (Fsp3) is 0.382. The van der Waals surface area contributed by atoms with Crippen LogP contribution in [-0.4, -0.2) is 37.2 Å². The summed E-state index contributed by atoms with van der Waals surface area (Å²) in [6.07, 6.45) is -2.44. The summed E-state index contributed by atoms with van der Waals surface area (Å²) < 4.78 is 81.7. The van der Waals surface area contributed by atoms with Crippen LogP contribution < -0.4 is 15.8 Å². The highest BCUT2D eigenvalue weighted by molar-refractivity contribution is 6.00. The van der Waals surface area contributed by atoms with Crippen LogP contribution in [0.2, 0.25) is 0 Å². The zero-order valence-corrected chi connectivity index (χ0v) is 25.2. The highest BCUT2D eigenvalue weighted by Crippen LogP contribution is 2.33. The van der Waals surface area contributed by atoms with Crippen molar-refractivity contribution in [2.75, 3.05) is 18.8 Å². The molecule has 46 heavy (non-hydrogen) atoms. The number of halogens is 6. The molecule has 1 saturated carbocycles.